The number of hydrogen-bond donors (Lipinski definition) is 1. The average molecular weight is 505 g/mol. The van der Waals surface area contributed by atoms with E-state index in [0.29, 0.717) is 6.04 Å². The number of carbonyl (C=O) groups excluding carboxylic acids is 1. The van der Waals surface area contributed by atoms with Crippen molar-refractivity contribution in [3.05, 3.63) is 59.7 Å². The van der Waals surface area contributed by atoms with Gasteiger partial charge in [0, 0.05) is 30.4 Å². The minimum absolute atomic E-state index is 0.161. The van der Waals surface area contributed by atoms with E-state index in [0.717, 1.165) is 48.0 Å². The molecule has 0 radical (unpaired) electrons. The molecule has 1 amide bonds. The van der Waals surface area contributed by atoms with Crippen molar-refractivity contribution < 1.29 is 4.79 Å². The zero-order chi connectivity index (χ0) is 25.3. The van der Waals surface area contributed by atoms with Crippen LogP contribution in [0.5, 0.6) is 0 Å². The third kappa shape index (κ3) is 6.55. The van der Waals surface area contributed by atoms with Gasteiger partial charge in [-0.05, 0) is 51.3 Å². The summed E-state index contributed by atoms with van der Waals surface area (Å²) in [5.74, 6) is 0.957. The number of amides is 1. The molecule has 7 nitrogen and oxygen atoms in total. The van der Waals surface area contributed by atoms with E-state index >= 15 is 0 Å². The van der Waals surface area contributed by atoms with E-state index in [1.807, 2.05) is 12.1 Å². The van der Waals surface area contributed by atoms with Crippen LogP contribution in [0.2, 0.25) is 0 Å². The Bertz CT molecular complexity index is 1150. The molecule has 1 N–H and O–H groups in total. The summed E-state index contributed by atoms with van der Waals surface area (Å²) in [4.78, 5) is 14.8. The van der Waals surface area contributed by atoms with Gasteiger partial charge >= 0.3 is 0 Å². The molecule has 190 valence electrons. The Balaban J connectivity index is 1.39. The van der Waals surface area contributed by atoms with Crippen LogP contribution in [0.4, 0.5) is 5.69 Å². The third-order valence-corrected chi connectivity index (χ3v) is 7.61. The second-order valence-electron chi connectivity index (χ2n) is 9.18. The van der Waals surface area contributed by atoms with Gasteiger partial charge in [-0.15, -0.1) is 10.2 Å². The highest BCUT2D eigenvalue weighted by atomic mass is 32.2. The van der Waals surface area contributed by atoms with Gasteiger partial charge in [-0.1, -0.05) is 73.0 Å². The first-order valence-electron chi connectivity index (χ1n) is 12.9. The molecular weight excluding hydrogens is 468 g/mol. The maximum Gasteiger partial charge on any atom is 0.250 e. The largest absolute Gasteiger partial charge is 0.372 e. The molecule has 1 aliphatic rings. The Morgan fingerprint density at radius 2 is 1.75 bits per heavy atom. The molecule has 1 heterocycles. The van der Waals surface area contributed by atoms with E-state index in [9.17, 15) is 4.79 Å². The van der Waals surface area contributed by atoms with Gasteiger partial charge in [-0.2, -0.15) is 5.10 Å². The first-order chi connectivity index (χ1) is 17.6. The monoisotopic (exact) mass is 504 g/mol. The molecule has 36 heavy (non-hydrogen) atoms. The fourth-order valence-corrected chi connectivity index (χ4v) is 5.44. The van der Waals surface area contributed by atoms with Gasteiger partial charge in [-0.25, -0.2) is 5.43 Å². The number of benzene rings is 2. The van der Waals surface area contributed by atoms with E-state index in [1.54, 1.807) is 6.21 Å². The fourth-order valence-electron chi connectivity index (χ4n) is 4.64. The van der Waals surface area contributed by atoms with Crippen molar-refractivity contribution in [1.29, 1.82) is 0 Å². The molecule has 0 aliphatic heterocycles. The van der Waals surface area contributed by atoms with Crippen molar-refractivity contribution in [2.45, 2.75) is 64.1 Å². The van der Waals surface area contributed by atoms with E-state index in [4.69, 9.17) is 0 Å². The first kappa shape index (κ1) is 25.9. The van der Waals surface area contributed by atoms with Crippen molar-refractivity contribution in [3.63, 3.8) is 0 Å². The second kappa shape index (κ2) is 12.7. The standard InChI is InChI=1S/C28H36N6OS/c1-4-33(5-2)24-17-13-22(14-18-24)19-29-30-26(35)20-36-28-32-31-27(23-15-11-21(3)12-16-23)34(28)25-9-7-6-8-10-25/h11-19,25H,4-10,20H2,1-3H3,(H,30,35). The number of anilines is 1. The Labute approximate surface area is 218 Å². The molecule has 8 heteroatoms. The normalized spacial score (nSPS) is 14.3. The highest BCUT2D eigenvalue weighted by Gasteiger charge is 2.24. The lowest BCUT2D eigenvalue weighted by molar-refractivity contribution is -0.118. The average Bonchev–Trinajstić information content (AvgIpc) is 3.34. The maximum atomic E-state index is 12.5. The third-order valence-electron chi connectivity index (χ3n) is 6.67. The molecule has 4 rings (SSSR count). The van der Waals surface area contributed by atoms with Crippen molar-refractivity contribution in [2.24, 2.45) is 5.10 Å². The lowest BCUT2D eigenvalue weighted by atomic mass is 9.95. The molecule has 0 bridgehead atoms. The maximum absolute atomic E-state index is 12.5. The Hall–Kier alpha value is -3.13. The number of thioether (sulfide) groups is 1. The van der Waals surface area contributed by atoms with Crippen LogP contribution in [0, 0.1) is 6.92 Å². The van der Waals surface area contributed by atoms with E-state index in [2.05, 4.69) is 87.4 Å². The minimum atomic E-state index is -0.161. The number of nitrogens with one attached hydrogen (secondary N) is 1. The Morgan fingerprint density at radius 1 is 1.06 bits per heavy atom. The van der Waals surface area contributed by atoms with E-state index < -0.39 is 0 Å². The fraction of sp³-hybridized carbons (Fsp3) is 0.429. The summed E-state index contributed by atoms with van der Waals surface area (Å²) in [7, 11) is 0. The van der Waals surface area contributed by atoms with Crippen LogP contribution in [-0.4, -0.2) is 45.7 Å². The summed E-state index contributed by atoms with van der Waals surface area (Å²) < 4.78 is 2.25. The highest BCUT2D eigenvalue weighted by Crippen LogP contribution is 2.35. The molecule has 1 aliphatic carbocycles. The van der Waals surface area contributed by atoms with Crippen LogP contribution in [0.15, 0.2) is 58.8 Å². The number of nitrogens with zero attached hydrogens (tertiary/aromatic N) is 5. The number of hydrazone groups is 1. The van der Waals surface area contributed by atoms with E-state index in [-0.39, 0.29) is 11.7 Å². The van der Waals surface area contributed by atoms with E-state index in [1.165, 1.54) is 42.3 Å². The lowest BCUT2D eigenvalue weighted by Gasteiger charge is -2.25. The zero-order valence-corrected chi connectivity index (χ0v) is 22.3. The Kier molecular flexibility index (Phi) is 9.17. The van der Waals surface area contributed by atoms with Crippen molar-refractivity contribution in [2.75, 3.05) is 23.7 Å². The number of aromatic nitrogens is 3. The summed E-state index contributed by atoms with van der Waals surface area (Å²) in [5.41, 5.74) is 7.05. The summed E-state index contributed by atoms with van der Waals surface area (Å²) in [6.45, 7) is 8.32. The molecule has 0 spiro atoms. The van der Waals surface area contributed by atoms with Gasteiger partial charge in [0.2, 0.25) is 0 Å². The SMILES string of the molecule is CCN(CC)c1ccc(C=NNC(=O)CSc2nnc(-c3ccc(C)cc3)n2C2CCCCC2)cc1. The van der Waals surface area contributed by atoms with Crippen LogP contribution >= 0.6 is 11.8 Å². The van der Waals surface area contributed by atoms with Gasteiger partial charge < -0.3 is 4.90 Å². The lowest BCUT2D eigenvalue weighted by Crippen LogP contribution is -2.21. The zero-order valence-electron chi connectivity index (χ0n) is 21.5. The van der Waals surface area contributed by atoms with Gasteiger partial charge in [0.1, 0.15) is 0 Å². The summed E-state index contributed by atoms with van der Waals surface area (Å²) in [5, 5.41) is 14.0. The number of carbonyl (C=O) groups is 1. The predicted octanol–water partition coefficient (Wildman–Crippen LogP) is 5.85. The first-order valence-corrected chi connectivity index (χ1v) is 13.9. The summed E-state index contributed by atoms with van der Waals surface area (Å²) in [6, 6.07) is 17.0. The molecule has 0 unspecified atom stereocenters. The smallest absolute Gasteiger partial charge is 0.250 e. The molecule has 2 aromatic carbocycles. The molecular formula is C28H36N6OS. The van der Waals surface area contributed by atoms with Crippen LogP contribution in [0.3, 0.4) is 0 Å². The Morgan fingerprint density at radius 3 is 2.42 bits per heavy atom. The molecule has 3 aromatic rings. The number of aryl methyl sites for hydroxylation is 1. The van der Waals surface area contributed by atoms with Crippen LogP contribution in [0.1, 0.15) is 63.1 Å². The summed E-state index contributed by atoms with van der Waals surface area (Å²) in [6.07, 6.45) is 7.62. The van der Waals surface area contributed by atoms with Crippen LogP contribution in [0.25, 0.3) is 11.4 Å². The highest BCUT2D eigenvalue weighted by molar-refractivity contribution is 7.99. The van der Waals surface area contributed by atoms with Crippen LogP contribution in [-0.2, 0) is 4.79 Å². The van der Waals surface area contributed by atoms with Crippen molar-refractivity contribution in [1.82, 2.24) is 20.2 Å². The number of rotatable bonds is 10. The predicted molar refractivity (Wildman–Crippen MR) is 149 cm³/mol. The molecule has 1 fully saturated rings. The van der Waals surface area contributed by atoms with Crippen molar-refractivity contribution in [3.8, 4) is 11.4 Å². The van der Waals surface area contributed by atoms with Gasteiger partial charge in [0.25, 0.3) is 5.91 Å². The molecule has 0 saturated heterocycles. The summed E-state index contributed by atoms with van der Waals surface area (Å²) >= 11 is 1.42. The topological polar surface area (TPSA) is 75.4 Å². The molecule has 0 atom stereocenters. The quantitative estimate of drug-likeness (QED) is 0.213. The molecule has 1 saturated carbocycles. The van der Waals surface area contributed by atoms with Gasteiger partial charge in [-0.3, -0.25) is 9.36 Å². The molecule has 1 aromatic heterocycles. The second-order valence-corrected chi connectivity index (χ2v) is 10.1. The van der Waals surface area contributed by atoms with Crippen LogP contribution < -0.4 is 10.3 Å². The van der Waals surface area contributed by atoms with Gasteiger partial charge in [0.15, 0.2) is 11.0 Å². The van der Waals surface area contributed by atoms with Crippen molar-refractivity contribution >= 4 is 29.6 Å². The number of hydrogen-bond acceptors (Lipinski definition) is 6. The van der Waals surface area contributed by atoms with Gasteiger partial charge in [0.05, 0.1) is 12.0 Å². The minimum Gasteiger partial charge on any atom is -0.372 e.